The highest BCUT2D eigenvalue weighted by molar-refractivity contribution is 5.78. The lowest BCUT2D eigenvalue weighted by atomic mass is 9.93. The van der Waals surface area contributed by atoms with Crippen LogP contribution in [0.1, 0.15) is 264 Å². The van der Waals surface area contributed by atoms with Gasteiger partial charge in [-0.05, 0) is 19.3 Å². The van der Waals surface area contributed by atoms with Crippen LogP contribution in [-0.4, -0.2) is 39.4 Å². The zero-order valence-electron chi connectivity index (χ0n) is 36.2. The standard InChI is InChI=1S/C48H97NO3/c1-4-6-8-10-12-14-16-18-20-22-24-26-28-30-32-34-36-38-41-47(48(50)49-43-40-44-52-46-45-51-3)42-39-37-35-33-31-29-27-25-23-21-19-17-15-13-11-9-7-5-2/h47H,4-46H2,1-3H3,(H,49,50). The van der Waals surface area contributed by atoms with E-state index < -0.39 is 0 Å². The molecular weight excluding hydrogens is 639 g/mol. The van der Waals surface area contributed by atoms with Gasteiger partial charge in [0.15, 0.2) is 0 Å². The number of hydrogen-bond donors (Lipinski definition) is 1. The van der Waals surface area contributed by atoms with Crippen molar-refractivity contribution in [3.63, 3.8) is 0 Å². The smallest absolute Gasteiger partial charge is 0.223 e. The molecule has 1 N–H and O–H groups in total. The van der Waals surface area contributed by atoms with Gasteiger partial charge in [0.05, 0.1) is 13.2 Å². The van der Waals surface area contributed by atoms with Crippen LogP contribution in [0.2, 0.25) is 0 Å². The molecule has 1 amide bonds. The van der Waals surface area contributed by atoms with Gasteiger partial charge in [-0.15, -0.1) is 0 Å². The Balaban J connectivity index is 3.91. The predicted octanol–water partition coefficient (Wildman–Crippen LogP) is 15.6. The van der Waals surface area contributed by atoms with Gasteiger partial charge in [-0.2, -0.15) is 0 Å². The molecule has 0 aliphatic carbocycles. The molecule has 0 aliphatic heterocycles. The van der Waals surface area contributed by atoms with Gasteiger partial charge in [-0.3, -0.25) is 4.79 Å². The van der Waals surface area contributed by atoms with E-state index in [2.05, 4.69) is 19.2 Å². The molecule has 0 spiro atoms. The summed E-state index contributed by atoms with van der Waals surface area (Å²) in [6.45, 7) is 7.27. The summed E-state index contributed by atoms with van der Waals surface area (Å²) in [5.41, 5.74) is 0. The van der Waals surface area contributed by atoms with Crippen molar-refractivity contribution in [3.05, 3.63) is 0 Å². The van der Waals surface area contributed by atoms with Gasteiger partial charge in [0, 0.05) is 26.2 Å². The SMILES string of the molecule is CCCCCCCCCCCCCCCCCCCCC(CCCCCCCCCCCCCCCCCCCC)C(=O)NCCCOCCOC. The lowest BCUT2D eigenvalue weighted by Gasteiger charge is -2.17. The summed E-state index contributed by atoms with van der Waals surface area (Å²) in [4.78, 5) is 13.1. The Bertz CT molecular complexity index is 616. The lowest BCUT2D eigenvalue weighted by Crippen LogP contribution is -2.32. The molecule has 0 saturated carbocycles. The summed E-state index contributed by atoms with van der Waals surface area (Å²) in [5.74, 6) is 0.479. The second-order valence-corrected chi connectivity index (χ2v) is 16.5. The van der Waals surface area contributed by atoms with E-state index in [1.807, 2.05) is 0 Å². The second-order valence-electron chi connectivity index (χ2n) is 16.5. The molecule has 4 nitrogen and oxygen atoms in total. The first-order chi connectivity index (χ1) is 25.8. The monoisotopic (exact) mass is 736 g/mol. The topological polar surface area (TPSA) is 47.6 Å². The van der Waals surface area contributed by atoms with E-state index in [0.29, 0.717) is 19.8 Å². The third kappa shape index (κ3) is 42.1. The summed E-state index contributed by atoms with van der Waals surface area (Å²) < 4.78 is 10.6. The Kier molecular flexibility index (Phi) is 46.0. The summed E-state index contributed by atoms with van der Waals surface area (Å²) in [6.07, 6.45) is 53.5. The van der Waals surface area contributed by atoms with E-state index in [-0.39, 0.29) is 11.8 Å². The van der Waals surface area contributed by atoms with Crippen molar-refractivity contribution < 1.29 is 14.3 Å². The zero-order chi connectivity index (χ0) is 37.7. The zero-order valence-corrected chi connectivity index (χ0v) is 36.2. The normalized spacial score (nSPS) is 11.6. The van der Waals surface area contributed by atoms with Crippen LogP contribution in [-0.2, 0) is 14.3 Å². The Hall–Kier alpha value is -0.610. The molecule has 52 heavy (non-hydrogen) atoms. The maximum Gasteiger partial charge on any atom is 0.223 e. The van der Waals surface area contributed by atoms with Gasteiger partial charge < -0.3 is 14.8 Å². The molecular formula is C48H97NO3. The molecule has 0 fully saturated rings. The van der Waals surface area contributed by atoms with Crippen molar-refractivity contribution in [3.8, 4) is 0 Å². The van der Waals surface area contributed by atoms with Crippen molar-refractivity contribution in [2.45, 2.75) is 264 Å². The number of rotatable bonds is 46. The molecule has 0 atom stereocenters. The minimum absolute atomic E-state index is 0.191. The fraction of sp³-hybridized carbons (Fsp3) is 0.979. The van der Waals surface area contributed by atoms with Gasteiger partial charge >= 0.3 is 0 Å². The fourth-order valence-corrected chi connectivity index (χ4v) is 7.77. The number of amides is 1. The number of nitrogens with one attached hydrogen (secondary N) is 1. The Morgan fingerprint density at radius 3 is 0.962 bits per heavy atom. The summed E-state index contributed by atoms with van der Waals surface area (Å²) in [7, 11) is 1.70. The molecule has 0 rings (SSSR count). The average Bonchev–Trinajstić information content (AvgIpc) is 3.15. The molecule has 0 radical (unpaired) electrons. The van der Waals surface area contributed by atoms with E-state index in [0.717, 1.165) is 25.8 Å². The van der Waals surface area contributed by atoms with Crippen LogP contribution in [0.25, 0.3) is 0 Å². The molecule has 0 aliphatic rings. The minimum Gasteiger partial charge on any atom is -0.382 e. The van der Waals surface area contributed by atoms with E-state index in [4.69, 9.17) is 9.47 Å². The minimum atomic E-state index is 0.191. The number of ether oxygens (including phenoxy) is 2. The highest BCUT2D eigenvalue weighted by atomic mass is 16.5. The van der Waals surface area contributed by atoms with Crippen LogP contribution in [0.3, 0.4) is 0 Å². The first-order valence-corrected chi connectivity index (χ1v) is 24.1. The molecule has 0 aromatic carbocycles. The van der Waals surface area contributed by atoms with E-state index in [9.17, 15) is 4.79 Å². The largest absolute Gasteiger partial charge is 0.382 e. The molecule has 4 heteroatoms. The summed E-state index contributed by atoms with van der Waals surface area (Å²) in [5, 5.41) is 3.24. The van der Waals surface area contributed by atoms with Gasteiger partial charge in [0.25, 0.3) is 0 Å². The molecule has 312 valence electrons. The lowest BCUT2D eigenvalue weighted by molar-refractivity contribution is -0.125. The maximum absolute atomic E-state index is 13.1. The third-order valence-electron chi connectivity index (χ3n) is 11.4. The Morgan fingerprint density at radius 1 is 0.385 bits per heavy atom. The number of unbranched alkanes of at least 4 members (excludes halogenated alkanes) is 34. The molecule has 0 aromatic heterocycles. The quantitative estimate of drug-likeness (QED) is 0.0633. The van der Waals surface area contributed by atoms with E-state index in [1.165, 1.54) is 231 Å². The van der Waals surface area contributed by atoms with Crippen LogP contribution in [0, 0.1) is 5.92 Å². The van der Waals surface area contributed by atoms with Gasteiger partial charge in [-0.25, -0.2) is 0 Å². The van der Waals surface area contributed by atoms with E-state index in [1.54, 1.807) is 7.11 Å². The molecule has 0 aromatic rings. The van der Waals surface area contributed by atoms with Crippen LogP contribution < -0.4 is 5.32 Å². The van der Waals surface area contributed by atoms with Crippen molar-refractivity contribution in [1.82, 2.24) is 5.32 Å². The fourth-order valence-electron chi connectivity index (χ4n) is 7.77. The number of carbonyl (C=O) groups is 1. The van der Waals surface area contributed by atoms with Crippen LogP contribution in [0.4, 0.5) is 0 Å². The highest BCUT2D eigenvalue weighted by Crippen LogP contribution is 2.21. The van der Waals surface area contributed by atoms with Gasteiger partial charge in [0.2, 0.25) is 5.91 Å². The second kappa shape index (κ2) is 46.5. The highest BCUT2D eigenvalue weighted by Gasteiger charge is 2.17. The van der Waals surface area contributed by atoms with Crippen molar-refractivity contribution in [2.24, 2.45) is 5.92 Å². The van der Waals surface area contributed by atoms with E-state index >= 15 is 0 Å². The van der Waals surface area contributed by atoms with Gasteiger partial charge in [0.1, 0.15) is 0 Å². The maximum atomic E-state index is 13.1. The first-order valence-electron chi connectivity index (χ1n) is 24.1. The molecule has 0 unspecified atom stereocenters. The Labute approximate surface area is 328 Å². The average molecular weight is 736 g/mol. The first kappa shape index (κ1) is 51.4. The van der Waals surface area contributed by atoms with Crippen molar-refractivity contribution in [2.75, 3.05) is 33.5 Å². The molecule has 0 saturated heterocycles. The number of carbonyl (C=O) groups excluding carboxylic acids is 1. The summed E-state index contributed by atoms with van der Waals surface area (Å²) in [6, 6.07) is 0. The van der Waals surface area contributed by atoms with Crippen LogP contribution in [0.5, 0.6) is 0 Å². The van der Waals surface area contributed by atoms with Crippen LogP contribution >= 0.6 is 0 Å². The van der Waals surface area contributed by atoms with Crippen molar-refractivity contribution in [1.29, 1.82) is 0 Å². The molecule has 0 heterocycles. The van der Waals surface area contributed by atoms with Crippen LogP contribution in [0.15, 0.2) is 0 Å². The number of methoxy groups -OCH3 is 1. The van der Waals surface area contributed by atoms with Gasteiger partial charge in [-0.1, -0.05) is 245 Å². The third-order valence-corrected chi connectivity index (χ3v) is 11.4. The molecule has 0 bridgehead atoms. The number of hydrogen-bond acceptors (Lipinski definition) is 3. The van der Waals surface area contributed by atoms with Crippen molar-refractivity contribution >= 4 is 5.91 Å². The predicted molar refractivity (Wildman–Crippen MR) is 231 cm³/mol. The Morgan fingerprint density at radius 2 is 0.673 bits per heavy atom. The summed E-state index contributed by atoms with van der Waals surface area (Å²) >= 11 is 0.